The van der Waals surface area contributed by atoms with E-state index in [1.807, 2.05) is 13.8 Å². The molecule has 0 heterocycles. The zero-order valence-corrected chi connectivity index (χ0v) is 7.40. The van der Waals surface area contributed by atoms with E-state index in [4.69, 9.17) is 0 Å². The molecule has 0 unspecified atom stereocenters. The molecule has 0 saturated heterocycles. The van der Waals surface area contributed by atoms with Crippen LogP contribution in [0.1, 0.15) is 26.7 Å². The molecule has 64 valence electrons. The molecule has 0 aliphatic carbocycles. The molecule has 0 aromatic rings. The third-order valence-electron chi connectivity index (χ3n) is 1.17. The fraction of sp³-hybridized carbons (Fsp3) is 0.625. The van der Waals surface area contributed by atoms with Crippen LogP contribution < -0.4 is 10.6 Å². The summed E-state index contributed by atoms with van der Waals surface area (Å²) in [7, 11) is 1.80. The monoisotopic (exact) mass is 156 g/mol. The Balaban J connectivity index is 3.66. The zero-order valence-electron chi connectivity index (χ0n) is 7.40. The van der Waals surface area contributed by atoms with Gasteiger partial charge in [-0.3, -0.25) is 4.79 Å². The highest BCUT2D eigenvalue weighted by Crippen LogP contribution is 1.89. The Labute approximate surface area is 67.9 Å². The summed E-state index contributed by atoms with van der Waals surface area (Å²) in [6.45, 7) is 3.83. The number of allylic oxidation sites excluding steroid dienone is 1. The molecule has 3 heteroatoms. The Morgan fingerprint density at radius 2 is 2.18 bits per heavy atom. The summed E-state index contributed by atoms with van der Waals surface area (Å²) in [4.78, 5) is 10.9. The fourth-order valence-electron chi connectivity index (χ4n) is 0.762. The van der Waals surface area contributed by atoms with E-state index in [0.29, 0.717) is 6.42 Å². The summed E-state index contributed by atoms with van der Waals surface area (Å²) >= 11 is 0. The minimum Gasteiger partial charge on any atom is -0.393 e. The summed E-state index contributed by atoms with van der Waals surface area (Å²) < 4.78 is 0. The number of hydrogen-bond acceptors (Lipinski definition) is 2. The van der Waals surface area contributed by atoms with Crippen LogP contribution in [0.2, 0.25) is 0 Å². The van der Waals surface area contributed by atoms with E-state index in [0.717, 1.165) is 12.1 Å². The van der Waals surface area contributed by atoms with Crippen LogP contribution in [0, 0.1) is 0 Å². The molecule has 0 fully saturated rings. The van der Waals surface area contributed by atoms with E-state index in [1.165, 1.54) is 0 Å². The molecule has 3 nitrogen and oxygen atoms in total. The molecule has 2 N–H and O–H groups in total. The number of carbonyl (C=O) groups excluding carboxylic acids is 1. The summed E-state index contributed by atoms with van der Waals surface area (Å²) in [6, 6.07) is 0. The Kier molecular flexibility index (Phi) is 5.25. The SMILES string of the molecule is CCCC(=O)N/C(C)=C\NC. The van der Waals surface area contributed by atoms with Gasteiger partial charge in [-0.2, -0.15) is 0 Å². The van der Waals surface area contributed by atoms with Crippen molar-refractivity contribution in [3.05, 3.63) is 11.9 Å². The van der Waals surface area contributed by atoms with Crippen LogP contribution in [-0.4, -0.2) is 13.0 Å². The Morgan fingerprint density at radius 1 is 1.55 bits per heavy atom. The Bertz CT molecular complexity index is 152. The molecule has 0 saturated carbocycles. The summed E-state index contributed by atoms with van der Waals surface area (Å²) in [5.74, 6) is 0.0801. The first-order valence-electron chi connectivity index (χ1n) is 3.84. The predicted octanol–water partition coefficient (Wildman–Crippen LogP) is 0.983. The van der Waals surface area contributed by atoms with Gasteiger partial charge >= 0.3 is 0 Å². The summed E-state index contributed by atoms with van der Waals surface area (Å²) in [5, 5.41) is 5.58. The lowest BCUT2D eigenvalue weighted by Gasteiger charge is -2.02. The molecule has 0 radical (unpaired) electrons. The number of hydrogen-bond donors (Lipinski definition) is 2. The highest BCUT2D eigenvalue weighted by atomic mass is 16.1. The minimum atomic E-state index is 0.0801. The molecular formula is C8H16N2O. The van der Waals surface area contributed by atoms with Gasteiger partial charge in [0.1, 0.15) is 0 Å². The first kappa shape index (κ1) is 10.0. The van der Waals surface area contributed by atoms with Crippen LogP contribution in [0.4, 0.5) is 0 Å². The molecule has 0 aromatic carbocycles. The Morgan fingerprint density at radius 3 is 2.64 bits per heavy atom. The van der Waals surface area contributed by atoms with E-state index >= 15 is 0 Å². The van der Waals surface area contributed by atoms with Crippen molar-refractivity contribution in [2.24, 2.45) is 0 Å². The second-order valence-corrected chi connectivity index (χ2v) is 2.41. The molecule has 0 rings (SSSR count). The van der Waals surface area contributed by atoms with Gasteiger partial charge in [0.25, 0.3) is 0 Å². The van der Waals surface area contributed by atoms with Gasteiger partial charge < -0.3 is 10.6 Å². The summed E-state index contributed by atoms with van der Waals surface area (Å²) in [5.41, 5.74) is 0.853. The Hall–Kier alpha value is -0.990. The molecular weight excluding hydrogens is 140 g/mol. The largest absolute Gasteiger partial charge is 0.393 e. The van der Waals surface area contributed by atoms with Crippen LogP contribution in [0.15, 0.2) is 11.9 Å². The van der Waals surface area contributed by atoms with E-state index in [-0.39, 0.29) is 5.91 Å². The van der Waals surface area contributed by atoms with Crippen LogP contribution in [0.5, 0.6) is 0 Å². The quantitative estimate of drug-likeness (QED) is 0.637. The highest BCUT2D eigenvalue weighted by Gasteiger charge is 1.97. The van der Waals surface area contributed by atoms with Gasteiger partial charge in [0, 0.05) is 25.4 Å². The molecule has 0 bridgehead atoms. The zero-order chi connectivity index (χ0) is 8.69. The summed E-state index contributed by atoms with van der Waals surface area (Å²) in [6.07, 6.45) is 3.24. The van der Waals surface area contributed by atoms with Crippen molar-refractivity contribution in [1.29, 1.82) is 0 Å². The van der Waals surface area contributed by atoms with E-state index < -0.39 is 0 Å². The van der Waals surface area contributed by atoms with Gasteiger partial charge in [0.2, 0.25) is 5.91 Å². The van der Waals surface area contributed by atoms with Gasteiger partial charge in [-0.25, -0.2) is 0 Å². The van der Waals surface area contributed by atoms with Gasteiger partial charge in [0.05, 0.1) is 0 Å². The maximum atomic E-state index is 10.9. The molecule has 0 aliphatic heterocycles. The van der Waals surface area contributed by atoms with Crippen molar-refractivity contribution in [2.45, 2.75) is 26.7 Å². The predicted molar refractivity (Wildman–Crippen MR) is 45.9 cm³/mol. The lowest BCUT2D eigenvalue weighted by Crippen LogP contribution is -2.21. The first-order valence-corrected chi connectivity index (χ1v) is 3.84. The number of carbonyl (C=O) groups is 1. The van der Waals surface area contributed by atoms with Crippen molar-refractivity contribution < 1.29 is 4.79 Å². The third-order valence-corrected chi connectivity index (χ3v) is 1.17. The highest BCUT2D eigenvalue weighted by molar-refractivity contribution is 5.77. The van der Waals surface area contributed by atoms with Gasteiger partial charge in [-0.15, -0.1) is 0 Å². The van der Waals surface area contributed by atoms with Crippen LogP contribution >= 0.6 is 0 Å². The first-order chi connectivity index (χ1) is 5.20. The van der Waals surface area contributed by atoms with E-state index in [9.17, 15) is 4.79 Å². The maximum absolute atomic E-state index is 10.9. The number of rotatable bonds is 4. The topological polar surface area (TPSA) is 41.1 Å². The second kappa shape index (κ2) is 5.77. The van der Waals surface area contributed by atoms with E-state index in [1.54, 1.807) is 13.2 Å². The van der Waals surface area contributed by atoms with Gasteiger partial charge in [0.15, 0.2) is 0 Å². The average molecular weight is 156 g/mol. The lowest BCUT2D eigenvalue weighted by molar-refractivity contribution is -0.120. The van der Waals surface area contributed by atoms with Crippen LogP contribution in [-0.2, 0) is 4.79 Å². The minimum absolute atomic E-state index is 0.0801. The molecule has 0 spiro atoms. The molecule has 11 heavy (non-hydrogen) atoms. The van der Waals surface area contributed by atoms with Crippen molar-refractivity contribution in [2.75, 3.05) is 7.05 Å². The van der Waals surface area contributed by atoms with Crippen molar-refractivity contribution in [3.63, 3.8) is 0 Å². The van der Waals surface area contributed by atoms with Crippen LogP contribution in [0.25, 0.3) is 0 Å². The van der Waals surface area contributed by atoms with E-state index in [2.05, 4.69) is 10.6 Å². The van der Waals surface area contributed by atoms with Crippen LogP contribution in [0.3, 0.4) is 0 Å². The van der Waals surface area contributed by atoms with Gasteiger partial charge in [-0.05, 0) is 13.3 Å². The molecule has 1 amide bonds. The third kappa shape index (κ3) is 5.45. The van der Waals surface area contributed by atoms with Crippen molar-refractivity contribution in [3.8, 4) is 0 Å². The standard InChI is InChI=1S/C8H16N2O/c1-4-5-8(11)10-7(2)6-9-3/h6,9H,4-5H2,1-3H3,(H,10,11)/b7-6-. The molecule has 0 aliphatic rings. The van der Waals surface area contributed by atoms with Crippen molar-refractivity contribution in [1.82, 2.24) is 10.6 Å². The normalized spacial score (nSPS) is 11.0. The lowest BCUT2D eigenvalue weighted by atomic mass is 10.3. The van der Waals surface area contributed by atoms with Gasteiger partial charge in [-0.1, -0.05) is 6.92 Å². The fourth-order valence-corrected chi connectivity index (χ4v) is 0.762. The molecule has 0 atom stereocenters. The van der Waals surface area contributed by atoms with Crippen molar-refractivity contribution >= 4 is 5.91 Å². The second-order valence-electron chi connectivity index (χ2n) is 2.41. The maximum Gasteiger partial charge on any atom is 0.224 e. The smallest absolute Gasteiger partial charge is 0.224 e. The number of nitrogens with one attached hydrogen (secondary N) is 2. The molecule has 0 aromatic heterocycles. The average Bonchev–Trinajstić information content (AvgIpc) is 1.87. The number of amides is 1.